The number of piperidine rings is 1. The number of halogens is 2. The van der Waals surface area contributed by atoms with Gasteiger partial charge in [0.1, 0.15) is 5.82 Å². The van der Waals surface area contributed by atoms with Crippen LogP contribution in [0.1, 0.15) is 24.4 Å². The highest BCUT2D eigenvalue weighted by Crippen LogP contribution is 2.27. The van der Waals surface area contributed by atoms with Gasteiger partial charge in [0.2, 0.25) is 5.91 Å². The summed E-state index contributed by atoms with van der Waals surface area (Å²) in [5.74, 6) is -0.546. The standard InChI is InChI=1S/C25H31ClFN5O2/c1-29(2)10-8-28-20-6-7-22-23(15-20)32(25(34)30(22)3)21-5-4-9-31(16-21)24(33)13-17-11-18(26)14-19(27)12-17/h6-7,11-12,14-15,21,28H,4-5,8-10,13,16H2,1-3H3/t21-/m0/s1. The SMILES string of the molecule is CN(C)CCNc1ccc2c(c1)n([C@H]1CCCN(C(=O)Cc3cc(F)cc(Cl)c3)C1)c(=O)n2C. The number of carbonyl (C=O) groups excluding carboxylic acids is 1. The number of likely N-dealkylation sites (N-methyl/N-ethyl adjacent to an activating group) is 1. The van der Waals surface area contributed by atoms with Crippen molar-refractivity contribution in [2.75, 3.05) is 45.6 Å². The Morgan fingerprint density at radius 1 is 1.21 bits per heavy atom. The van der Waals surface area contributed by atoms with Crippen molar-refractivity contribution in [3.63, 3.8) is 0 Å². The van der Waals surface area contributed by atoms with E-state index in [1.807, 2.05) is 36.9 Å². The van der Waals surface area contributed by atoms with Crippen LogP contribution in [0.15, 0.2) is 41.2 Å². The van der Waals surface area contributed by atoms with Crippen molar-refractivity contribution in [2.45, 2.75) is 25.3 Å². The molecule has 34 heavy (non-hydrogen) atoms. The summed E-state index contributed by atoms with van der Waals surface area (Å²) >= 11 is 5.94. The largest absolute Gasteiger partial charge is 0.384 e. The van der Waals surface area contributed by atoms with E-state index in [-0.39, 0.29) is 29.1 Å². The van der Waals surface area contributed by atoms with Gasteiger partial charge in [-0.3, -0.25) is 13.9 Å². The molecule has 0 bridgehead atoms. The smallest absolute Gasteiger partial charge is 0.329 e. The minimum absolute atomic E-state index is 0.0780. The van der Waals surface area contributed by atoms with Gasteiger partial charge in [0.15, 0.2) is 0 Å². The van der Waals surface area contributed by atoms with Gasteiger partial charge in [0, 0.05) is 43.9 Å². The molecule has 9 heteroatoms. The summed E-state index contributed by atoms with van der Waals surface area (Å²) in [5, 5.41) is 3.69. The van der Waals surface area contributed by atoms with Crippen LogP contribution in [-0.4, -0.2) is 65.1 Å². The van der Waals surface area contributed by atoms with Gasteiger partial charge in [-0.25, -0.2) is 9.18 Å². The maximum atomic E-state index is 13.7. The summed E-state index contributed by atoms with van der Waals surface area (Å²) in [6.07, 6.45) is 1.69. The highest BCUT2D eigenvalue weighted by atomic mass is 35.5. The second-order valence-electron chi connectivity index (χ2n) is 9.24. The average Bonchev–Trinajstić information content (AvgIpc) is 3.02. The lowest BCUT2D eigenvalue weighted by atomic mass is 10.0. The monoisotopic (exact) mass is 487 g/mol. The number of amides is 1. The number of fused-ring (bicyclic) bond motifs is 1. The maximum absolute atomic E-state index is 13.7. The molecule has 3 aromatic rings. The first-order valence-corrected chi connectivity index (χ1v) is 11.9. The Kier molecular flexibility index (Phi) is 7.28. The molecule has 0 aliphatic carbocycles. The Labute approximate surface area is 203 Å². The van der Waals surface area contributed by atoms with Crippen LogP contribution < -0.4 is 11.0 Å². The van der Waals surface area contributed by atoms with Gasteiger partial charge in [-0.15, -0.1) is 0 Å². The number of hydrogen-bond acceptors (Lipinski definition) is 4. The van der Waals surface area contributed by atoms with E-state index in [0.29, 0.717) is 18.7 Å². The molecule has 0 spiro atoms. The molecule has 1 aliphatic rings. The fourth-order valence-corrected chi connectivity index (χ4v) is 4.89. The summed E-state index contributed by atoms with van der Waals surface area (Å²) in [7, 11) is 5.83. The molecular formula is C25H31ClFN5O2. The summed E-state index contributed by atoms with van der Waals surface area (Å²) in [4.78, 5) is 30.1. The van der Waals surface area contributed by atoms with Crippen LogP contribution in [0.5, 0.6) is 0 Å². The second kappa shape index (κ2) is 10.2. The van der Waals surface area contributed by atoms with Crippen molar-refractivity contribution in [3.05, 3.63) is 63.3 Å². The molecule has 182 valence electrons. The number of nitrogens with zero attached hydrogens (tertiary/aromatic N) is 4. The lowest BCUT2D eigenvalue weighted by Gasteiger charge is -2.33. The van der Waals surface area contributed by atoms with Crippen LogP contribution in [0.4, 0.5) is 10.1 Å². The van der Waals surface area contributed by atoms with E-state index < -0.39 is 5.82 Å². The van der Waals surface area contributed by atoms with Crippen LogP contribution in [0, 0.1) is 5.82 Å². The summed E-state index contributed by atoms with van der Waals surface area (Å²) in [5.41, 5.74) is 3.14. The Morgan fingerprint density at radius 2 is 2.00 bits per heavy atom. The van der Waals surface area contributed by atoms with E-state index >= 15 is 0 Å². The zero-order valence-corrected chi connectivity index (χ0v) is 20.6. The molecule has 1 aliphatic heterocycles. The topological polar surface area (TPSA) is 62.5 Å². The molecule has 4 rings (SSSR count). The van der Waals surface area contributed by atoms with E-state index in [2.05, 4.69) is 10.2 Å². The molecule has 0 radical (unpaired) electrons. The second-order valence-corrected chi connectivity index (χ2v) is 9.67. The number of imidazole rings is 1. The van der Waals surface area contributed by atoms with Gasteiger partial charge in [-0.1, -0.05) is 11.6 Å². The van der Waals surface area contributed by atoms with Crippen LogP contribution in [-0.2, 0) is 18.3 Å². The molecular weight excluding hydrogens is 457 g/mol. The first-order chi connectivity index (χ1) is 16.2. The fraction of sp³-hybridized carbons (Fsp3) is 0.440. The maximum Gasteiger partial charge on any atom is 0.329 e. The van der Waals surface area contributed by atoms with Gasteiger partial charge in [-0.2, -0.15) is 0 Å². The predicted molar refractivity (Wildman–Crippen MR) is 134 cm³/mol. The minimum atomic E-state index is -0.455. The van der Waals surface area contributed by atoms with Crippen molar-refractivity contribution in [2.24, 2.45) is 7.05 Å². The van der Waals surface area contributed by atoms with Gasteiger partial charge in [0.05, 0.1) is 23.5 Å². The van der Waals surface area contributed by atoms with E-state index in [0.717, 1.165) is 42.7 Å². The first kappa shape index (κ1) is 24.3. The first-order valence-electron chi connectivity index (χ1n) is 11.6. The van der Waals surface area contributed by atoms with E-state index in [4.69, 9.17) is 11.6 Å². The number of aryl methyl sites for hydroxylation is 1. The van der Waals surface area contributed by atoms with Crippen molar-refractivity contribution >= 4 is 34.2 Å². The van der Waals surface area contributed by atoms with Crippen molar-refractivity contribution < 1.29 is 9.18 Å². The predicted octanol–water partition coefficient (Wildman–Crippen LogP) is 3.51. The molecule has 1 fully saturated rings. The molecule has 2 aromatic carbocycles. The zero-order valence-electron chi connectivity index (χ0n) is 19.9. The Bertz CT molecular complexity index is 1230. The van der Waals surface area contributed by atoms with Crippen LogP contribution in [0.2, 0.25) is 5.02 Å². The van der Waals surface area contributed by atoms with Crippen molar-refractivity contribution in [1.82, 2.24) is 18.9 Å². The van der Waals surface area contributed by atoms with Crippen molar-refractivity contribution in [3.8, 4) is 0 Å². The van der Waals surface area contributed by atoms with Crippen LogP contribution in [0.25, 0.3) is 11.0 Å². The highest BCUT2D eigenvalue weighted by molar-refractivity contribution is 6.30. The van der Waals surface area contributed by atoms with Gasteiger partial charge in [0.25, 0.3) is 0 Å². The molecule has 2 heterocycles. The molecule has 1 saturated heterocycles. The van der Waals surface area contributed by atoms with Crippen molar-refractivity contribution in [1.29, 1.82) is 0 Å². The van der Waals surface area contributed by atoms with Crippen LogP contribution in [0.3, 0.4) is 0 Å². The Morgan fingerprint density at radius 3 is 2.74 bits per heavy atom. The minimum Gasteiger partial charge on any atom is -0.384 e. The number of benzene rings is 2. The molecule has 1 aromatic heterocycles. The third kappa shape index (κ3) is 5.28. The Balaban J connectivity index is 1.56. The molecule has 1 atom stereocenters. The van der Waals surface area contributed by atoms with Gasteiger partial charge in [-0.05, 0) is 68.9 Å². The van der Waals surface area contributed by atoms with E-state index in [1.54, 1.807) is 22.6 Å². The zero-order chi connectivity index (χ0) is 24.4. The highest BCUT2D eigenvalue weighted by Gasteiger charge is 2.28. The fourth-order valence-electron chi connectivity index (χ4n) is 4.65. The van der Waals surface area contributed by atoms with E-state index in [1.165, 1.54) is 12.1 Å². The summed E-state index contributed by atoms with van der Waals surface area (Å²) < 4.78 is 17.2. The lowest BCUT2D eigenvalue weighted by Crippen LogP contribution is -2.43. The molecule has 7 nitrogen and oxygen atoms in total. The van der Waals surface area contributed by atoms with Crippen LogP contribution >= 0.6 is 11.6 Å². The molecule has 1 N–H and O–H groups in total. The average molecular weight is 488 g/mol. The lowest BCUT2D eigenvalue weighted by molar-refractivity contribution is -0.132. The molecule has 0 unspecified atom stereocenters. The number of rotatable bonds is 7. The third-order valence-corrected chi connectivity index (χ3v) is 6.59. The quantitative estimate of drug-likeness (QED) is 0.554. The van der Waals surface area contributed by atoms with Gasteiger partial charge >= 0.3 is 5.69 Å². The molecule has 0 saturated carbocycles. The number of hydrogen-bond donors (Lipinski definition) is 1. The molecule has 1 amide bonds. The summed E-state index contributed by atoms with van der Waals surface area (Å²) in [6.45, 7) is 2.76. The summed E-state index contributed by atoms with van der Waals surface area (Å²) in [6, 6.07) is 10.0. The number of anilines is 1. The third-order valence-electron chi connectivity index (χ3n) is 6.37. The number of carbonyl (C=O) groups is 1. The van der Waals surface area contributed by atoms with Gasteiger partial charge < -0.3 is 15.1 Å². The number of aromatic nitrogens is 2. The Hall–Kier alpha value is -2.84. The normalized spacial score (nSPS) is 16.4. The van der Waals surface area contributed by atoms with E-state index in [9.17, 15) is 14.0 Å². The number of likely N-dealkylation sites (tertiary alicyclic amines) is 1. The number of nitrogens with one attached hydrogen (secondary N) is 1.